The van der Waals surface area contributed by atoms with E-state index >= 15 is 0 Å². The van der Waals surface area contributed by atoms with Crippen LogP contribution in [0.15, 0.2) is 35.2 Å². The molecule has 1 fully saturated rings. The van der Waals surface area contributed by atoms with E-state index in [0.29, 0.717) is 0 Å². The Labute approximate surface area is 75.4 Å². The van der Waals surface area contributed by atoms with Crippen molar-refractivity contribution in [3.05, 3.63) is 30.3 Å². The van der Waals surface area contributed by atoms with Crippen LogP contribution in [0.2, 0.25) is 0 Å². The van der Waals surface area contributed by atoms with Crippen LogP contribution in [0.25, 0.3) is 0 Å². The summed E-state index contributed by atoms with van der Waals surface area (Å²) in [7, 11) is 0. The lowest BCUT2D eigenvalue weighted by Gasteiger charge is -2.24. The van der Waals surface area contributed by atoms with Gasteiger partial charge in [0.05, 0.1) is 0 Å². The molecule has 0 bridgehead atoms. The predicted molar refractivity (Wildman–Crippen MR) is 49.1 cm³/mol. The second-order valence-electron chi connectivity index (χ2n) is 2.66. The summed E-state index contributed by atoms with van der Waals surface area (Å²) in [5, 5.41) is 2.85. The quantitative estimate of drug-likeness (QED) is 0.693. The topological polar surface area (TPSA) is 29.1 Å². The lowest BCUT2D eigenvalue weighted by atomic mass is 10.3. The van der Waals surface area contributed by atoms with Gasteiger partial charge in [0.25, 0.3) is 0 Å². The molecule has 2 rings (SSSR count). The highest BCUT2D eigenvalue weighted by Gasteiger charge is 2.28. The highest BCUT2D eigenvalue weighted by atomic mass is 32.2. The molecule has 1 saturated heterocycles. The number of hydrogen-bond acceptors (Lipinski definition) is 2. The molecule has 1 aromatic rings. The van der Waals surface area contributed by atoms with Gasteiger partial charge in [-0.2, -0.15) is 0 Å². The molecule has 1 aliphatic rings. The Hall–Kier alpha value is -0.960. The van der Waals surface area contributed by atoms with Crippen molar-refractivity contribution in [1.29, 1.82) is 0 Å². The van der Waals surface area contributed by atoms with Crippen molar-refractivity contribution < 1.29 is 4.79 Å². The number of benzene rings is 1. The van der Waals surface area contributed by atoms with Crippen LogP contribution in [-0.2, 0) is 4.79 Å². The Kier molecular flexibility index (Phi) is 2.04. The maximum atomic E-state index is 10.9. The van der Waals surface area contributed by atoms with Gasteiger partial charge in [-0.05, 0) is 12.1 Å². The standard InChI is InChI=1S/C9H9NOS/c11-9-8(6-10-9)12-7-4-2-1-3-5-7/h1-5,8H,6H2,(H,10,11). The van der Waals surface area contributed by atoms with Crippen molar-refractivity contribution >= 4 is 17.7 Å². The number of hydrogen-bond donors (Lipinski definition) is 1. The van der Waals surface area contributed by atoms with Crippen LogP contribution in [0.1, 0.15) is 0 Å². The summed E-state index contributed by atoms with van der Waals surface area (Å²) >= 11 is 1.63. The van der Waals surface area contributed by atoms with Crippen LogP contribution in [0, 0.1) is 0 Å². The van der Waals surface area contributed by atoms with Gasteiger partial charge >= 0.3 is 0 Å². The number of carbonyl (C=O) groups excluding carboxylic acids is 1. The molecule has 0 saturated carbocycles. The highest BCUT2D eigenvalue weighted by Crippen LogP contribution is 2.25. The van der Waals surface area contributed by atoms with E-state index in [9.17, 15) is 4.79 Å². The molecule has 1 aromatic carbocycles. The summed E-state index contributed by atoms with van der Waals surface area (Å²) in [5.41, 5.74) is 0. The Bertz CT molecular complexity index is 286. The number of thioether (sulfide) groups is 1. The van der Waals surface area contributed by atoms with Crippen molar-refractivity contribution in [3.63, 3.8) is 0 Å². The summed E-state index contributed by atoms with van der Waals surface area (Å²) in [6.45, 7) is 0.804. The number of carbonyl (C=O) groups is 1. The van der Waals surface area contributed by atoms with Crippen LogP contribution >= 0.6 is 11.8 Å². The third kappa shape index (κ3) is 1.46. The molecule has 1 N–H and O–H groups in total. The van der Waals surface area contributed by atoms with E-state index in [0.717, 1.165) is 11.4 Å². The van der Waals surface area contributed by atoms with E-state index in [1.54, 1.807) is 11.8 Å². The van der Waals surface area contributed by atoms with Crippen molar-refractivity contribution in [2.75, 3.05) is 6.54 Å². The molecule has 0 radical (unpaired) electrons. The minimum atomic E-state index is 0.132. The molecule has 12 heavy (non-hydrogen) atoms. The first-order valence-corrected chi connectivity index (χ1v) is 4.73. The van der Waals surface area contributed by atoms with Crippen molar-refractivity contribution in [2.45, 2.75) is 10.1 Å². The lowest BCUT2D eigenvalue weighted by Crippen LogP contribution is -2.51. The molecule has 0 aromatic heterocycles. The molecule has 1 amide bonds. The number of β-lactam (4-membered cyclic amide) rings is 1. The summed E-state index contributed by atoms with van der Waals surface area (Å²) in [6, 6.07) is 10.00. The fourth-order valence-electron chi connectivity index (χ4n) is 1.03. The molecule has 0 aliphatic carbocycles. The molecular weight excluding hydrogens is 170 g/mol. The zero-order valence-corrected chi connectivity index (χ0v) is 7.30. The average molecular weight is 179 g/mol. The molecule has 1 aliphatic heterocycles. The van der Waals surface area contributed by atoms with Crippen molar-refractivity contribution in [1.82, 2.24) is 5.32 Å². The molecule has 62 valence electrons. The summed E-state index contributed by atoms with van der Waals surface area (Å²) < 4.78 is 0. The first-order chi connectivity index (χ1) is 5.86. The van der Waals surface area contributed by atoms with E-state index in [1.807, 2.05) is 30.3 Å². The summed E-state index contributed by atoms with van der Waals surface area (Å²) in [4.78, 5) is 12.1. The monoisotopic (exact) mass is 179 g/mol. The van der Waals surface area contributed by atoms with Crippen LogP contribution in [0.3, 0.4) is 0 Å². The minimum absolute atomic E-state index is 0.132. The smallest absolute Gasteiger partial charge is 0.235 e. The molecule has 1 heterocycles. The van der Waals surface area contributed by atoms with Gasteiger partial charge in [0, 0.05) is 11.4 Å². The molecule has 3 heteroatoms. The Balaban J connectivity index is 2.00. The Morgan fingerprint density at radius 3 is 2.58 bits per heavy atom. The molecule has 1 atom stereocenters. The van der Waals surface area contributed by atoms with Gasteiger partial charge in [-0.3, -0.25) is 4.79 Å². The van der Waals surface area contributed by atoms with Gasteiger partial charge in [0.15, 0.2) is 0 Å². The van der Waals surface area contributed by atoms with Gasteiger partial charge < -0.3 is 5.32 Å². The van der Waals surface area contributed by atoms with E-state index in [4.69, 9.17) is 0 Å². The minimum Gasteiger partial charge on any atom is -0.353 e. The van der Waals surface area contributed by atoms with Crippen LogP contribution in [0.4, 0.5) is 0 Å². The normalized spacial score (nSPS) is 21.3. The maximum Gasteiger partial charge on any atom is 0.235 e. The summed E-state index contributed by atoms with van der Waals surface area (Å²) in [5.74, 6) is 0.156. The Morgan fingerprint density at radius 1 is 1.33 bits per heavy atom. The van der Waals surface area contributed by atoms with E-state index in [-0.39, 0.29) is 11.2 Å². The zero-order chi connectivity index (χ0) is 8.39. The second kappa shape index (κ2) is 3.19. The lowest BCUT2D eigenvalue weighted by molar-refractivity contribution is -0.124. The van der Waals surface area contributed by atoms with Gasteiger partial charge in [0.1, 0.15) is 5.25 Å². The zero-order valence-electron chi connectivity index (χ0n) is 6.49. The largest absolute Gasteiger partial charge is 0.353 e. The Morgan fingerprint density at radius 2 is 2.08 bits per heavy atom. The van der Waals surface area contributed by atoms with Crippen LogP contribution in [-0.4, -0.2) is 17.7 Å². The van der Waals surface area contributed by atoms with Gasteiger partial charge in [-0.1, -0.05) is 18.2 Å². The molecule has 0 spiro atoms. The number of nitrogens with one attached hydrogen (secondary N) is 1. The van der Waals surface area contributed by atoms with E-state index in [1.165, 1.54) is 0 Å². The average Bonchev–Trinajstić information content (AvgIpc) is 2.14. The van der Waals surface area contributed by atoms with E-state index in [2.05, 4.69) is 5.32 Å². The SMILES string of the molecule is O=C1NCC1Sc1ccccc1. The van der Waals surface area contributed by atoms with Gasteiger partial charge in [-0.25, -0.2) is 0 Å². The second-order valence-corrected chi connectivity index (χ2v) is 3.94. The number of rotatable bonds is 2. The van der Waals surface area contributed by atoms with Crippen molar-refractivity contribution in [2.24, 2.45) is 0 Å². The van der Waals surface area contributed by atoms with Crippen LogP contribution in [0.5, 0.6) is 0 Å². The predicted octanol–water partition coefficient (Wildman–Crippen LogP) is 1.28. The van der Waals surface area contributed by atoms with Gasteiger partial charge in [0.2, 0.25) is 5.91 Å². The van der Waals surface area contributed by atoms with Crippen LogP contribution < -0.4 is 5.32 Å². The summed E-state index contributed by atoms with van der Waals surface area (Å²) in [6.07, 6.45) is 0. The van der Waals surface area contributed by atoms with Crippen molar-refractivity contribution in [3.8, 4) is 0 Å². The molecule has 1 unspecified atom stereocenters. The molecular formula is C9H9NOS. The first kappa shape index (κ1) is 7.68. The molecule has 2 nitrogen and oxygen atoms in total. The number of amides is 1. The first-order valence-electron chi connectivity index (χ1n) is 3.86. The fraction of sp³-hybridized carbons (Fsp3) is 0.222. The third-order valence-corrected chi connectivity index (χ3v) is 2.99. The van der Waals surface area contributed by atoms with Gasteiger partial charge in [-0.15, -0.1) is 11.8 Å². The highest BCUT2D eigenvalue weighted by molar-refractivity contribution is 8.00. The third-order valence-electron chi connectivity index (χ3n) is 1.78. The maximum absolute atomic E-state index is 10.9. The van der Waals surface area contributed by atoms with E-state index < -0.39 is 0 Å². The fourth-order valence-corrected chi connectivity index (χ4v) is 2.03.